The summed E-state index contributed by atoms with van der Waals surface area (Å²) < 4.78 is 0. The van der Waals surface area contributed by atoms with Gasteiger partial charge in [-0.1, -0.05) is 6.07 Å². The Morgan fingerprint density at radius 1 is 1.23 bits per heavy atom. The lowest BCUT2D eigenvalue weighted by atomic mass is 9.92. The molecule has 7 heteroatoms. The molecule has 170 valence electrons. The van der Waals surface area contributed by atoms with Gasteiger partial charge in [0, 0.05) is 31.7 Å². The summed E-state index contributed by atoms with van der Waals surface area (Å²) in [6.07, 6.45) is 3.48. The number of fused-ring (bicyclic) bond motifs is 1. The second kappa shape index (κ2) is 10.3. The maximum atomic E-state index is 13.0. The van der Waals surface area contributed by atoms with E-state index in [0.29, 0.717) is 24.4 Å². The Morgan fingerprint density at radius 3 is 2.58 bits per heavy atom. The van der Waals surface area contributed by atoms with Gasteiger partial charge < -0.3 is 20.2 Å². The standard InChI is InChI=1S/C24H35N3O4/c1-16(2)27-15-19-5-4-18(12-20(19)13-21(24(27)31)14-22(28)29)23(30)26(3)11-8-17-6-9-25-10-7-17/h4-5,12,16-17,21,25H,6-11,13-15H2,1-3H3,(H,28,29). The van der Waals surface area contributed by atoms with Crippen LogP contribution in [0.15, 0.2) is 18.2 Å². The quantitative estimate of drug-likeness (QED) is 0.695. The fraction of sp³-hybridized carbons (Fsp3) is 0.625. The normalized spacial score (nSPS) is 19.8. The average Bonchev–Trinajstić information content (AvgIpc) is 2.88. The van der Waals surface area contributed by atoms with E-state index in [1.165, 1.54) is 0 Å². The van der Waals surface area contributed by atoms with Crippen LogP contribution in [-0.2, 0) is 22.6 Å². The van der Waals surface area contributed by atoms with Crippen LogP contribution in [0.3, 0.4) is 0 Å². The van der Waals surface area contributed by atoms with E-state index in [1.807, 2.05) is 39.1 Å². The SMILES string of the molecule is CC(C)N1Cc2ccc(C(=O)N(C)CCC3CCNCC3)cc2CC(CC(=O)O)C1=O. The second-order valence-electron chi connectivity index (χ2n) is 9.25. The largest absolute Gasteiger partial charge is 0.481 e. The third-order valence-electron chi connectivity index (χ3n) is 6.62. The first-order valence-corrected chi connectivity index (χ1v) is 11.4. The van der Waals surface area contributed by atoms with Crippen molar-refractivity contribution >= 4 is 17.8 Å². The molecule has 3 rings (SSSR count). The summed E-state index contributed by atoms with van der Waals surface area (Å²) in [4.78, 5) is 40.8. The third kappa shape index (κ3) is 5.85. The van der Waals surface area contributed by atoms with E-state index in [2.05, 4.69) is 5.32 Å². The van der Waals surface area contributed by atoms with E-state index in [0.717, 1.165) is 50.0 Å². The van der Waals surface area contributed by atoms with Crippen molar-refractivity contribution < 1.29 is 19.5 Å². The molecular weight excluding hydrogens is 394 g/mol. The number of rotatable bonds is 7. The van der Waals surface area contributed by atoms with Crippen molar-refractivity contribution in [2.75, 3.05) is 26.7 Å². The fourth-order valence-electron chi connectivity index (χ4n) is 4.63. The highest BCUT2D eigenvalue weighted by molar-refractivity contribution is 5.94. The number of nitrogens with one attached hydrogen (secondary N) is 1. The summed E-state index contributed by atoms with van der Waals surface area (Å²) in [6.45, 7) is 7.16. The van der Waals surface area contributed by atoms with Crippen LogP contribution >= 0.6 is 0 Å². The number of carboxylic acid groups (broad SMARTS) is 1. The van der Waals surface area contributed by atoms with Crippen molar-refractivity contribution in [3.63, 3.8) is 0 Å². The lowest BCUT2D eigenvalue weighted by molar-refractivity contribution is -0.145. The molecule has 2 aliphatic heterocycles. The highest BCUT2D eigenvalue weighted by Gasteiger charge is 2.32. The summed E-state index contributed by atoms with van der Waals surface area (Å²) in [5, 5.41) is 12.7. The number of nitrogens with zero attached hydrogens (tertiary/aromatic N) is 2. The van der Waals surface area contributed by atoms with E-state index in [1.54, 1.807) is 9.80 Å². The van der Waals surface area contributed by atoms with Crippen molar-refractivity contribution in [3.8, 4) is 0 Å². The molecule has 0 radical (unpaired) electrons. The number of piperidine rings is 1. The maximum absolute atomic E-state index is 13.0. The molecule has 1 unspecified atom stereocenters. The minimum atomic E-state index is -0.976. The lowest BCUT2D eigenvalue weighted by Crippen LogP contribution is -2.40. The number of carboxylic acids is 1. The highest BCUT2D eigenvalue weighted by atomic mass is 16.4. The molecule has 1 fully saturated rings. The molecule has 1 aromatic carbocycles. The maximum Gasteiger partial charge on any atom is 0.304 e. The number of hydrogen-bond acceptors (Lipinski definition) is 4. The van der Waals surface area contributed by atoms with Crippen molar-refractivity contribution in [2.24, 2.45) is 11.8 Å². The second-order valence-corrected chi connectivity index (χ2v) is 9.25. The summed E-state index contributed by atoms with van der Waals surface area (Å²) >= 11 is 0. The Kier molecular flexibility index (Phi) is 7.70. The third-order valence-corrected chi connectivity index (χ3v) is 6.62. The molecule has 1 saturated heterocycles. The number of amides is 2. The average molecular weight is 430 g/mol. The zero-order valence-electron chi connectivity index (χ0n) is 18.9. The van der Waals surface area contributed by atoms with Gasteiger partial charge in [-0.15, -0.1) is 0 Å². The molecule has 1 atom stereocenters. The lowest BCUT2D eigenvalue weighted by Gasteiger charge is -2.27. The van der Waals surface area contributed by atoms with Crippen LogP contribution in [0.2, 0.25) is 0 Å². The monoisotopic (exact) mass is 429 g/mol. The molecule has 0 saturated carbocycles. The highest BCUT2D eigenvalue weighted by Crippen LogP contribution is 2.28. The zero-order chi connectivity index (χ0) is 22.5. The Labute approximate surface area is 184 Å². The van der Waals surface area contributed by atoms with E-state index in [9.17, 15) is 19.5 Å². The number of carbonyl (C=O) groups is 3. The number of hydrogen-bond donors (Lipinski definition) is 2. The van der Waals surface area contributed by atoms with Gasteiger partial charge in [0.05, 0.1) is 12.3 Å². The first-order valence-electron chi connectivity index (χ1n) is 11.4. The molecule has 0 aliphatic carbocycles. The van der Waals surface area contributed by atoms with Crippen molar-refractivity contribution in [1.82, 2.24) is 15.1 Å². The van der Waals surface area contributed by atoms with Crippen LogP contribution in [0, 0.1) is 11.8 Å². The van der Waals surface area contributed by atoms with Crippen LogP contribution in [0.5, 0.6) is 0 Å². The Balaban J connectivity index is 1.75. The summed E-state index contributed by atoms with van der Waals surface area (Å²) in [6, 6.07) is 5.61. The van der Waals surface area contributed by atoms with Gasteiger partial charge in [0.25, 0.3) is 5.91 Å². The Morgan fingerprint density at radius 2 is 1.94 bits per heavy atom. The molecule has 0 spiro atoms. The smallest absolute Gasteiger partial charge is 0.304 e. The van der Waals surface area contributed by atoms with Gasteiger partial charge in [-0.05, 0) is 81.8 Å². The molecule has 0 aromatic heterocycles. The summed E-state index contributed by atoms with van der Waals surface area (Å²) in [5.41, 5.74) is 2.50. The predicted molar refractivity (Wildman–Crippen MR) is 119 cm³/mol. The number of carbonyl (C=O) groups excluding carboxylic acids is 2. The van der Waals surface area contributed by atoms with Gasteiger partial charge in [0.2, 0.25) is 5.91 Å². The van der Waals surface area contributed by atoms with Crippen molar-refractivity contribution in [3.05, 3.63) is 34.9 Å². The van der Waals surface area contributed by atoms with Crippen LogP contribution in [0.1, 0.15) is 61.0 Å². The zero-order valence-corrected chi connectivity index (χ0v) is 18.9. The number of aliphatic carboxylic acids is 1. The first kappa shape index (κ1) is 23.3. The fourth-order valence-corrected chi connectivity index (χ4v) is 4.63. The van der Waals surface area contributed by atoms with Gasteiger partial charge in [0.1, 0.15) is 0 Å². The molecule has 1 aromatic rings. The summed E-state index contributed by atoms with van der Waals surface area (Å²) in [7, 11) is 1.84. The molecule has 0 bridgehead atoms. The molecule has 2 aliphatic rings. The first-order chi connectivity index (χ1) is 14.8. The minimum absolute atomic E-state index is 0.0165. The van der Waals surface area contributed by atoms with Crippen LogP contribution in [0.25, 0.3) is 0 Å². The topological polar surface area (TPSA) is 90.0 Å². The van der Waals surface area contributed by atoms with E-state index < -0.39 is 11.9 Å². The van der Waals surface area contributed by atoms with Gasteiger partial charge in [-0.25, -0.2) is 0 Å². The van der Waals surface area contributed by atoms with Gasteiger partial charge in [0.15, 0.2) is 0 Å². The Bertz CT molecular complexity index is 817. The van der Waals surface area contributed by atoms with Gasteiger partial charge in [-0.2, -0.15) is 0 Å². The van der Waals surface area contributed by atoms with Gasteiger partial charge >= 0.3 is 5.97 Å². The van der Waals surface area contributed by atoms with Gasteiger partial charge in [-0.3, -0.25) is 14.4 Å². The number of benzene rings is 1. The predicted octanol–water partition coefficient (Wildman–Crippen LogP) is 2.53. The van der Waals surface area contributed by atoms with E-state index in [-0.39, 0.29) is 24.3 Å². The van der Waals surface area contributed by atoms with E-state index in [4.69, 9.17) is 0 Å². The van der Waals surface area contributed by atoms with Crippen LogP contribution < -0.4 is 5.32 Å². The molecule has 2 amide bonds. The van der Waals surface area contributed by atoms with Crippen LogP contribution in [0.4, 0.5) is 0 Å². The molecule has 7 nitrogen and oxygen atoms in total. The van der Waals surface area contributed by atoms with Crippen molar-refractivity contribution in [1.29, 1.82) is 0 Å². The molecule has 2 heterocycles. The molecule has 2 N–H and O–H groups in total. The Hall–Kier alpha value is -2.41. The minimum Gasteiger partial charge on any atom is -0.481 e. The molecule has 31 heavy (non-hydrogen) atoms. The van der Waals surface area contributed by atoms with E-state index >= 15 is 0 Å². The van der Waals surface area contributed by atoms with Crippen LogP contribution in [-0.4, -0.2) is 65.4 Å². The summed E-state index contributed by atoms with van der Waals surface area (Å²) in [5.74, 6) is -1.07. The van der Waals surface area contributed by atoms with Crippen molar-refractivity contribution in [2.45, 2.75) is 58.5 Å². The molecular formula is C24H35N3O4.